The third kappa shape index (κ3) is 5.42. The van der Waals surface area contributed by atoms with Crippen LogP contribution < -0.4 is 15.4 Å². The van der Waals surface area contributed by atoms with Crippen molar-refractivity contribution in [1.29, 1.82) is 0 Å². The number of ether oxygens (including phenoxy) is 1. The molecule has 0 aliphatic carbocycles. The molecule has 0 saturated heterocycles. The van der Waals surface area contributed by atoms with E-state index in [4.69, 9.17) is 16.3 Å². The molecule has 0 radical (unpaired) electrons. The van der Waals surface area contributed by atoms with Gasteiger partial charge in [-0.2, -0.15) is 9.90 Å². The highest BCUT2D eigenvalue weighted by molar-refractivity contribution is 6.33. The number of aryl methyl sites for hydroxylation is 1. The van der Waals surface area contributed by atoms with Crippen molar-refractivity contribution in [3.63, 3.8) is 0 Å². The van der Waals surface area contributed by atoms with Gasteiger partial charge in [-0.1, -0.05) is 23.7 Å². The van der Waals surface area contributed by atoms with E-state index in [0.717, 1.165) is 5.56 Å². The van der Waals surface area contributed by atoms with E-state index in [-0.39, 0.29) is 25.0 Å². The average molecular weight is 564 g/mol. The Hall–Kier alpha value is -4.62. The summed E-state index contributed by atoms with van der Waals surface area (Å²) >= 11 is 6.41. The van der Waals surface area contributed by atoms with Gasteiger partial charge in [0, 0.05) is 37.0 Å². The van der Waals surface area contributed by atoms with Gasteiger partial charge in [0.05, 0.1) is 42.9 Å². The van der Waals surface area contributed by atoms with Crippen LogP contribution in [0, 0.1) is 0 Å². The molecule has 0 bridgehead atoms. The number of nitrogens with one attached hydrogen (secondary N) is 2. The molecular weight excluding hydrogens is 538 g/mol. The van der Waals surface area contributed by atoms with E-state index >= 15 is 0 Å². The summed E-state index contributed by atoms with van der Waals surface area (Å²) < 4.78 is 5.13. The number of hydrogen-bond donors (Lipinski definition) is 3. The normalized spacial score (nSPS) is 14.0. The van der Waals surface area contributed by atoms with Gasteiger partial charge in [-0.15, -0.1) is 5.10 Å². The topological polar surface area (TPSA) is 160 Å². The minimum absolute atomic E-state index is 0.257. The van der Waals surface area contributed by atoms with Gasteiger partial charge in [-0.3, -0.25) is 9.59 Å². The number of aliphatic hydroxyl groups excluding tert-OH is 1. The second-order valence-electron chi connectivity index (χ2n) is 9.09. The van der Waals surface area contributed by atoms with E-state index in [1.165, 1.54) is 35.4 Å². The number of halogens is 1. The molecule has 2 atom stereocenters. The van der Waals surface area contributed by atoms with E-state index in [1.54, 1.807) is 32.2 Å². The number of methoxy groups -OCH3 is 1. The summed E-state index contributed by atoms with van der Waals surface area (Å²) in [5.74, 6) is 0.390. The van der Waals surface area contributed by atoms with Gasteiger partial charge in [0.25, 0.3) is 5.91 Å². The molecule has 206 valence electrons. The van der Waals surface area contributed by atoms with Crippen LogP contribution in [-0.4, -0.2) is 71.5 Å². The first kappa shape index (κ1) is 27.0. The van der Waals surface area contributed by atoms with E-state index in [9.17, 15) is 14.7 Å². The molecule has 3 N–H and O–H groups in total. The Morgan fingerprint density at radius 1 is 1.23 bits per heavy atom. The van der Waals surface area contributed by atoms with Crippen molar-refractivity contribution in [2.45, 2.75) is 25.6 Å². The van der Waals surface area contributed by atoms with Crippen molar-refractivity contribution in [3.8, 4) is 17.1 Å². The molecule has 1 aliphatic rings. The number of aliphatic hydroxyl groups is 1. The zero-order valence-electron chi connectivity index (χ0n) is 21.9. The Kier molecular flexibility index (Phi) is 7.58. The number of nitrogens with zero attached hydrogens (tertiary/aromatic N) is 7. The van der Waals surface area contributed by atoms with E-state index in [2.05, 4.69) is 35.8 Å². The maximum atomic E-state index is 13.4. The summed E-state index contributed by atoms with van der Waals surface area (Å²) in [6.07, 6.45) is 4.53. The second kappa shape index (κ2) is 11.2. The van der Waals surface area contributed by atoms with Crippen molar-refractivity contribution in [1.82, 2.24) is 40.2 Å². The molecule has 0 saturated carbocycles. The number of rotatable bonds is 9. The van der Waals surface area contributed by atoms with Crippen molar-refractivity contribution < 1.29 is 19.4 Å². The fraction of sp³-hybridized carbons (Fsp3) is 0.269. The summed E-state index contributed by atoms with van der Waals surface area (Å²) in [5, 5.41) is 24.2. The molecular formula is C26H26ClN9O4. The van der Waals surface area contributed by atoms with Crippen molar-refractivity contribution >= 4 is 35.2 Å². The number of anilines is 2. The van der Waals surface area contributed by atoms with E-state index in [0.29, 0.717) is 39.1 Å². The molecule has 40 heavy (non-hydrogen) atoms. The molecule has 5 rings (SSSR count). The molecule has 3 aromatic heterocycles. The van der Waals surface area contributed by atoms with Crippen LogP contribution in [0.2, 0.25) is 5.02 Å². The van der Waals surface area contributed by atoms with Crippen LogP contribution in [0.4, 0.5) is 11.8 Å². The first-order chi connectivity index (χ1) is 19.3. The van der Waals surface area contributed by atoms with Crippen LogP contribution in [0.3, 0.4) is 0 Å². The number of amides is 2. The zero-order valence-corrected chi connectivity index (χ0v) is 22.6. The maximum absolute atomic E-state index is 13.4. The number of carbonyl (C=O) groups is 2. The first-order valence-corrected chi connectivity index (χ1v) is 12.7. The van der Waals surface area contributed by atoms with Gasteiger partial charge < -0.3 is 25.4 Å². The molecule has 1 aromatic carbocycles. The molecule has 1 aliphatic heterocycles. The maximum Gasteiger partial charge on any atom is 0.255 e. The number of aromatic nitrogens is 6. The third-order valence-corrected chi connectivity index (χ3v) is 6.79. The lowest BCUT2D eigenvalue weighted by molar-refractivity contribution is -0.126. The number of carbonyl (C=O) groups excluding carboxylic acids is 2. The second-order valence-corrected chi connectivity index (χ2v) is 9.50. The van der Waals surface area contributed by atoms with E-state index in [1.807, 2.05) is 12.1 Å². The smallest absolute Gasteiger partial charge is 0.255 e. The number of benzene rings is 1. The van der Waals surface area contributed by atoms with Gasteiger partial charge in [-0.25, -0.2) is 15.0 Å². The third-order valence-electron chi connectivity index (χ3n) is 6.52. The van der Waals surface area contributed by atoms with E-state index < -0.39 is 18.0 Å². The average Bonchev–Trinajstić information content (AvgIpc) is 3.53. The highest BCUT2D eigenvalue weighted by Gasteiger charge is 2.35. The van der Waals surface area contributed by atoms with Crippen molar-refractivity contribution in [3.05, 3.63) is 70.6 Å². The van der Waals surface area contributed by atoms with Crippen LogP contribution in [0.5, 0.6) is 5.88 Å². The summed E-state index contributed by atoms with van der Waals surface area (Å²) in [6.45, 7) is 1.57. The van der Waals surface area contributed by atoms with Crippen molar-refractivity contribution in [2.24, 2.45) is 7.05 Å². The zero-order chi connectivity index (χ0) is 28.4. The standard InChI is InChI=1S/C26H26ClN9O4/c1-14(24(38)31-20(13-37)15-6-7-28-22(9-15)40-3)36-12-17-5-4-16(8-18(17)25(36)39)23-19(27)10-29-26(33-23)32-21-11-30-35(2)34-21/h4-11,14,20,37H,12-13H2,1-3H3,(H,31,38)(H,29,32,33,34). The minimum atomic E-state index is -0.799. The fourth-order valence-corrected chi connectivity index (χ4v) is 4.55. The van der Waals surface area contributed by atoms with Crippen LogP contribution in [-0.2, 0) is 18.4 Å². The largest absolute Gasteiger partial charge is 0.481 e. The quantitative estimate of drug-likeness (QED) is 0.275. The Morgan fingerprint density at radius 2 is 2.05 bits per heavy atom. The molecule has 0 fully saturated rings. The molecule has 2 amide bonds. The molecule has 4 heterocycles. The first-order valence-electron chi connectivity index (χ1n) is 12.3. The van der Waals surface area contributed by atoms with Gasteiger partial charge >= 0.3 is 0 Å². The Morgan fingerprint density at radius 3 is 2.77 bits per heavy atom. The van der Waals surface area contributed by atoms with Crippen LogP contribution >= 0.6 is 11.6 Å². The summed E-state index contributed by atoms with van der Waals surface area (Å²) in [6, 6.07) is 7.17. The van der Waals surface area contributed by atoms with Gasteiger partial charge in [-0.05, 0) is 30.2 Å². The molecule has 13 nitrogen and oxygen atoms in total. The highest BCUT2D eigenvalue weighted by atomic mass is 35.5. The van der Waals surface area contributed by atoms with Gasteiger partial charge in [0.15, 0.2) is 5.82 Å². The van der Waals surface area contributed by atoms with Crippen LogP contribution in [0.1, 0.15) is 34.5 Å². The van der Waals surface area contributed by atoms with Gasteiger partial charge in [0.1, 0.15) is 6.04 Å². The summed E-state index contributed by atoms with van der Waals surface area (Å²) in [7, 11) is 3.18. The molecule has 2 unspecified atom stereocenters. The monoisotopic (exact) mass is 563 g/mol. The highest BCUT2D eigenvalue weighted by Crippen LogP contribution is 2.32. The summed E-state index contributed by atoms with van der Waals surface area (Å²) in [5.41, 5.74) is 2.90. The number of fused-ring (bicyclic) bond motifs is 1. The molecule has 14 heteroatoms. The Balaban J connectivity index is 1.32. The Bertz CT molecular complexity index is 1580. The minimum Gasteiger partial charge on any atom is -0.481 e. The predicted molar refractivity (Wildman–Crippen MR) is 145 cm³/mol. The SMILES string of the molecule is COc1cc(C(CO)NC(=O)C(C)N2Cc3ccc(-c4nc(Nc5cnn(C)n5)ncc4Cl)cc3C2=O)ccn1. The lowest BCUT2D eigenvalue weighted by atomic mass is 10.0. The summed E-state index contributed by atoms with van der Waals surface area (Å²) in [4.78, 5) is 42.2. The van der Waals surface area contributed by atoms with Crippen molar-refractivity contribution in [2.75, 3.05) is 19.0 Å². The number of hydrogen-bond acceptors (Lipinski definition) is 10. The molecule has 0 spiro atoms. The van der Waals surface area contributed by atoms with Crippen LogP contribution in [0.25, 0.3) is 11.3 Å². The predicted octanol–water partition coefficient (Wildman–Crippen LogP) is 2.27. The lowest BCUT2D eigenvalue weighted by Crippen LogP contribution is -2.46. The Labute approximate surface area is 234 Å². The fourth-order valence-electron chi connectivity index (χ4n) is 4.35. The molecule has 4 aromatic rings. The van der Waals surface area contributed by atoms with Gasteiger partial charge in [0.2, 0.25) is 17.7 Å². The lowest BCUT2D eigenvalue weighted by Gasteiger charge is -2.26. The number of pyridine rings is 1. The van der Waals surface area contributed by atoms with Crippen LogP contribution in [0.15, 0.2) is 48.9 Å².